The van der Waals surface area contributed by atoms with E-state index in [0.29, 0.717) is 5.56 Å². The highest BCUT2D eigenvalue weighted by atomic mass is 16.6. The topological polar surface area (TPSA) is 92.8 Å². The van der Waals surface area contributed by atoms with Gasteiger partial charge in [0.05, 0.1) is 0 Å². The van der Waals surface area contributed by atoms with Gasteiger partial charge in [-0.25, -0.2) is 4.79 Å². The molecule has 0 aromatic heterocycles. The number of hydrogen-bond donors (Lipinski definition) is 3. The fourth-order valence-corrected chi connectivity index (χ4v) is 1.07. The third-order valence-corrected chi connectivity index (χ3v) is 1.64. The highest BCUT2D eigenvalue weighted by molar-refractivity contribution is 6.42. The van der Waals surface area contributed by atoms with Crippen molar-refractivity contribution in [3.8, 4) is 0 Å². The molecule has 1 atom stereocenters. The molecule has 0 heterocycles. The molecule has 0 bridgehead atoms. The summed E-state index contributed by atoms with van der Waals surface area (Å²) in [6, 6.07) is 7.20. The van der Waals surface area contributed by atoms with Gasteiger partial charge in [0.1, 0.15) is 0 Å². The molecule has 0 saturated carbocycles. The predicted molar refractivity (Wildman–Crippen MR) is 50.0 cm³/mol. The highest BCUT2D eigenvalue weighted by Crippen LogP contribution is 2.17. The van der Waals surface area contributed by atoms with Crippen molar-refractivity contribution in [1.82, 2.24) is 0 Å². The third-order valence-electron chi connectivity index (χ3n) is 1.64. The molecule has 0 fully saturated rings. The van der Waals surface area contributed by atoms with Crippen LogP contribution in [0.25, 0.3) is 0 Å². The second-order valence-corrected chi connectivity index (χ2v) is 2.68. The molecule has 74 valence electrons. The Labute approximate surface area is 81.3 Å². The van der Waals surface area contributed by atoms with E-state index in [1.807, 2.05) is 0 Å². The Kier molecular flexibility index (Phi) is 3.50. The molecule has 6 heteroatoms. The molecule has 1 aromatic carbocycles. The molecule has 1 amide bonds. The molecule has 1 rings (SSSR count). The van der Waals surface area contributed by atoms with Crippen LogP contribution in [-0.4, -0.2) is 23.3 Å². The van der Waals surface area contributed by atoms with Gasteiger partial charge in [-0.1, -0.05) is 30.3 Å². The second kappa shape index (κ2) is 4.64. The first kappa shape index (κ1) is 10.6. The molecule has 0 saturated heterocycles. The van der Waals surface area contributed by atoms with Crippen molar-refractivity contribution in [3.05, 3.63) is 35.9 Å². The van der Waals surface area contributed by atoms with Crippen LogP contribution in [0.5, 0.6) is 0 Å². The number of hydrogen-bond acceptors (Lipinski definition) is 4. The van der Waals surface area contributed by atoms with Crippen LogP contribution in [0.4, 0.5) is 4.79 Å². The molecule has 0 radical (unpaired) electrons. The van der Waals surface area contributed by atoms with Gasteiger partial charge < -0.3 is 20.5 Å². The smallest absolute Gasteiger partial charge is 0.444 e. The van der Waals surface area contributed by atoms with E-state index in [1.54, 1.807) is 30.3 Å². The summed E-state index contributed by atoms with van der Waals surface area (Å²) < 4.78 is 4.54. The fraction of sp³-hybridized carbons (Fsp3) is 0.125. The quantitative estimate of drug-likeness (QED) is 0.584. The summed E-state index contributed by atoms with van der Waals surface area (Å²) >= 11 is 0. The van der Waals surface area contributed by atoms with Crippen molar-refractivity contribution in [1.29, 1.82) is 0 Å². The van der Waals surface area contributed by atoms with E-state index in [1.165, 1.54) is 0 Å². The molecule has 0 aliphatic carbocycles. The summed E-state index contributed by atoms with van der Waals surface area (Å²) in [5.74, 6) is 0. The number of carbonyl (C=O) groups is 1. The van der Waals surface area contributed by atoms with E-state index < -0.39 is 19.2 Å². The first-order valence-electron chi connectivity index (χ1n) is 3.98. The van der Waals surface area contributed by atoms with Crippen molar-refractivity contribution < 1.29 is 19.6 Å². The van der Waals surface area contributed by atoms with Crippen LogP contribution < -0.4 is 5.73 Å². The first-order chi connectivity index (χ1) is 6.61. The Morgan fingerprint density at radius 3 is 2.36 bits per heavy atom. The van der Waals surface area contributed by atoms with Gasteiger partial charge in [-0.3, -0.25) is 0 Å². The molecule has 1 unspecified atom stereocenters. The monoisotopic (exact) mass is 195 g/mol. The Balaban J connectivity index is 2.83. The Bertz CT molecular complexity index is 303. The van der Waals surface area contributed by atoms with E-state index in [0.717, 1.165) is 0 Å². The minimum atomic E-state index is -1.79. The van der Waals surface area contributed by atoms with E-state index in [9.17, 15) is 4.79 Å². The summed E-state index contributed by atoms with van der Waals surface area (Å²) in [5.41, 5.74) is 5.26. The Morgan fingerprint density at radius 1 is 1.36 bits per heavy atom. The second-order valence-electron chi connectivity index (χ2n) is 2.68. The summed E-state index contributed by atoms with van der Waals surface area (Å²) in [5, 5.41) is 17.9. The van der Waals surface area contributed by atoms with E-state index in [4.69, 9.17) is 15.8 Å². The third kappa shape index (κ3) is 2.76. The lowest BCUT2D eigenvalue weighted by atomic mass is 9.78. The lowest BCUT2D eigenvalue weighted by Gasteiger charge is -2.15. The lowest BCUT2D eigenvalue weighted by Crippen LogP contribution is -2.30. The number of nitrogens with two attached hydrogens (primary N) is 1. The highest BCUT2D eigenvalue weighted by Gasteiger charge is 2.28. The maximum Gasteiger partial charge on any atom is 0.500 e. The normalized spacial score (nSPS) is 11.9. The molecule has 5 nitrogen and oxygen atoms in total. The number of rotatable bonds is 3. The van der Waals surface area contributed by atoms with Crippen LogP contribution in [0.3, 0.4) is 0 Å². The van der Waals surface area contributed by atoms with Gasteiger partial charge in [-0.05, 0) is 5.56 Å². The van der Waals surface area contributed by atoms with E-state index >= 15 is 0 Å². The number of ether oxygens (including phenoxy) is 1. The van der Waals surface area contributed by atoms with Crippen LogP contribution in [0.2, 0.25) is 0 Å². The van der Waals surface area contributed by atoms with Crippen LogP contribution in [0.1, 0.15) is 11.6 Å². The molecule has 4 N–H and O–H groups in total. The number of amides is 1. The summed E-state index contributed by atoms with van der Waals surface area (Å²) in [7, 11) is -1.79. The summed E-state index contributed by atoms with van der Waals surface area (Å²) in [6.45, 7) is 0. The van der Waals surface area contributed by atoms with Crippen LogP contribution in [0, 0.1) is 0 Å². The number of primary amides is 1. The molecule has 0 aliphatic rings. The Hall–Kier alpha value is -1.53. The average molecular weight is 195 g/mol. The minimum absolute atomic E-state index is 0.473. The van der Waals surface area contributed by atoms with Gasteiger partial charge in [-0.15, -0.1) is 0 Å². The van der Waals surface area contributed by atoms with Gasteiger partial charge >= 0.3 is 13.2 Å². The van der Waals surface area contributed by atoms with Crippen molar-refractivity contribution in [3.63, 3.8) is 0 Å². The number of carbonyl (C=O) groups excluding carboxylic acids is 1. The zero-order valence-electron chi connectivity index (χ0n) is 7.33. The molecular formula is C8H10BNO4. The van der Waals surface area contributed by atoms with Gasteiger partial charge in [0.2, 0.25) is 0 Å². The zero-order valence-corrected chi connectivity index (χ0v) is 7.33. The molecule has 0 spiro atoms. The van der Waals surface area contributed by atoms with E-state index in [-0.39, 0.29) is 0 Å². The summed E-state index contributed by atoms with van der Waals surface area (Å²) in [4.78, 5) is 10.5. The fourth-order valence-electron chi connectivity index (χ4n) is 1.07. The van der Waals surface area contributed by atoms with Crippen molar-refractivity contribution >= 4 is 13.2 Å². The maximum absolute atomic E-state index is 10.5. The standard InChI is InChI=1S/C8H10BNO4/c10-8(11)14-7(9(12)13)6-4-2-1-3-5-6/h1-5,7,12-13H,(H2,10,11). The lowest BCUT2D eigenvalue weighted by molar-refractivity contribution is 0.123. The summed E-state index contributed by atoms with van der Waals surface area (Å²) in [6.07, 6.45) is -1.05. The van der Waals surface area contributed by atoms with Gasteiger partial charge in [0.25, 0.3) is 0 Å². The van der Waals surface area contributed by atoms with Gasteiger partial charge in [0.15, 0.2) is 6.00 Å². The average Bonchev–Trinajstić information content (AvgIpc) is 2.15. The van der Waals surface area contributed by atoms with Gasteiger partial charge in [-0.2, -0.15) is 0 Å². The Morgan fingerprint density at radius 2 is 1.93 bits per heavy atom. The first-order valence-corrected chi connectivity index (χ1v) is 3.98. The SMILES string of the molecule is NC(=O)OC(B(O)O)c1ccccc1. The zero-order chi connectivity index (χ0) is 10.6. The van der Waals surface area contributed by atoms with Crippen molar-refractivity contribution in [2.45, 2.75) is 6.00 Å². The molecular weight excluding hydrogens is 185 g/mol. The van der Waals surface area contributed by atoms with E-state index in [2.05, 4.69) is 4.74 Å². The van der Waals surface area contributed by atoms with Crippen LogP contribution in [0.15, 0.2) is 30.3 Å². The molecule has 1 aromatic rings. The maximum atomic E-state index is 10.5. The van der Waals surface area contributed by atoms with Crippen molar-refractivity contribution in [2.24, 2.45) is 5.73 Å². The predicted octanol–water partition coefficient (Wildman–Crippen LogP) is -0.165. The van der Waals surface area contributed by atoms with Crippen LogP contribution >= 0.6 is 0 Å². The number of benzene rings is 1. The van der Waals surface area contributed by atoms with Crippen LogP contribution in [-0.2, 0) is 4.74 Å². The molecule has 0 aliphatic heterocycles. The minimum Gasteiger partial charge on any atom is -0.444 e. The van der Waals surface area contributed by atoms with Crippen molar-refractivity contribution in [2.75, 3.05) is 0 Å². The molecule has 14 heavy (non-hydrogen) atoms. The van der Waals surface area contributed by atoms with Gasteiger partial charge in [0, 0.05) is 0 Å². The largest absolute Gasteiger partial charge is 0.500 e.